The Kier molecular flexibility index (Phi) is 3.58. The van der Waals surface area contributed by atoms with Crippen molar-refractivity contribution in [2.75, 3.05) is 6.54 Å². The minimum absolute atomic E-state index is 0.673. The number of nitrogens with zero attached hydrogens (tertiary/aromatic N) is 3. The Balaban J connectivity index is 1.75. The lowest BCUT2D eigenvalue weighted by Crippen LogP contribution is -2.18. The molecule has 5 nitrogen and oxygen atoms in total. The number of aromatic nitrogens is 3. The summed E-state index contributed by atoms with van der Waals surface area (Å²) in [4.78, 5) is 4.32. The summed E-state index contributed by atoms with van der Waals surface area (Å²) in [5, 5.41) is 7.44. The highest BCUT2D eigenvalue weighted by Crippen LogP contribution is 2.07. The molecule has 0 fully saturated rings. The van der Waals surface area contributed by atoms with Gasteiger partial charge in [-0.05, 0) is 19.9 Å². The molecule has 1 N–H and O–H groups in total. The van der Waals surface area contributed by atoms with E-state index in [0.29, 0.717) is 6.54 Å². The third kappa shape index (κ3) is 2.94. The van der Waals surface area contributed by atoms with Crippen molar-refractivity contribution in [3.63, 3.8) is 0 Å². The van der Waals surface area contributed by atoms with E-state index >= 15 is 0 Å². The van der Waals surface area contributed by atoms with Crippen LogP contribution in [-0.4, -0.2) is 21.3 Å². The van der Waals surface area contributed by atoms with Crippen LogP contribution in [0.2, 0.25) is 0 Å². The first kappa shape index (κ1) is 11.9. The molecule has 0 bridgehead atoms. The molecule has 17 heavy (non-hydrogen) atoms. The van der Waals surface area contributed by atoms with Gasteiger partial charge in [-0.2, -0.15) is 5.10 Å². The number of aryl methyl sites for hydroxylation is 3. The largest absolute Gasteiger partial charge is 0.444 e. The van der Waals surface area contributed by atoms with Crippen LogP contribution >= 0.6 is 0 Å². The molecule has 2 heterocycles. The second-order valence-corrected chi connectivity index (χ2v) is 4.12. The van der Waals surface area contributed by atoms with E-state index in [1.807, 2.05) is 37.8 Å². The van der Waals surface area contributed by atoms with Gasteiger partial charge in [0.1, 0.15) is 5.76 Å². The van der Waals surface area contributed by atoms with Crippen molar-refractivity contribution in [3.8, 4) is 0 Å². The number of rotatable bonds is 5. The second kappa shape index (κ2) is 5.14. The Morgan fingerprint density at radius 3 is 2.82 bits per heavy atom. The molecule has 0 saturated carbocycles. The molecule has 2 rings (SSSR count). The van der Waals surface area contributed by atoms with Crippen molar-refractivity contribution in [2.45, 2.75) is 26.8 Å². The highest BCUT2D eigenvalue weighted by atomic mass is 16.4. The van der Waals surface area contributed by atoms with Gasteiger partial charge in [0, 0.05) is 31.9 Å². The average Bonchev–Trinajstić information content (AvgIpc) is 2.82. The van der Waals surface area contributed by atoms with Gasteiger partial charge in [0.25, 0.3) is 0 Å². The van der Waals surface area contributed by atoms with E-state index in [-0.39, 0.29) is 0 Å². The Morgan fingerprint density at radius 2 is 2.24 bits per heavy atom. The predicted octanol–water partition coefficient (Wildman–Crippen LogP) is 1.36. The van der Waals surface area contributed by atoms with Crippen molar-refractivity contribution < 1.29 is 4.42 Å². The maximum atomic E-state index is 5.48. The van der Waals surface area contributed by atoms with Crippen molar-refractivity contribution in [2.24, 2.45) is 7.05 Å². The zero-order valence-electron chi connectivity index (χ0n) is 10.5. The highest BCUT2D eigenvalue weighted by molar-refractivity contribution is 5.05. The fourth-order valence-electron chi connectivity index (χ4n) is 1.67. The molecule has 0 unspecified atom stereocenters. The molecule has 92 valence electrons. The van der Waals surface area contributed by atoms with Gasteiger partial charge in [-0.15, -0.1) is 0 Å². The van der Waals surface area contributed by atoms with Crippen LogP contribution in [0.25, 0.3) is 0 Å². The van der Waals surface area contributed by atoms with Crippen LogP contribution in [-0.2, 0) is 20.0 Å². The zero-order chi connectivity index (χ0) is 12.3. The van der Waals surface area contributed by atoms with Crippen LogP contribution in [0.1, 0.15) is 23.0 Å². The van der Waals surface area contributed by atoms with Crippen molar-refractivity contribution in [1.29, 1.82) is 0 Å². The minimum Gasteiger partial charge on any atom is -0.444 e. The van der Waals surface area contributed by atoms with Gasteiger partial charge >= 0.3 is 0 Å². The lowest BCUT2D eigenvalue weighted by molar-refractivity contribution is 0.449. The molecule has 0 aliphatic rings. The molecule has 0 saturated heterocycles. The predicted molar refractivity (Wildman–Crippen MR) is 64.6 cm³/mol. The summed E-state index contributed by atoms with van der Waals surface area (Å²) in [5.41, 5.74) is 2.19. The lowest BCUT2D eigenvalue weighted by Gasteiger charge is -2.02. The SMILES string of the molecule is Cc1nc(CNCCc2ccnn2C)oc1C. The van der Waals surface area contributed by atoms with Gasteiger partial charge in [-0.3, -0.25) is 4.68 Å². The van der Waals surface area contributed by atoms with E-state index in [1.165, 1.54) is 5.69 Å². The molecule has 0 spiro atoms. The maximum Gasteiger partial charge on any atom is 0.208 e. The Labute approximate surface area is 101 Å². The average molecular weight is 234 g/mol. The van der Waals surface area contributed by atoms with Gasteiger partial charge in [0.15, 0.2) is 0 Å². The first-order chi connectivity index (χ1) is 8.16. The van der Waals surface area contributed by atoms with E-state index < -0.39 is 0 Å². The Bertz CT molecular complexity index is 467. The molecule has 0 aliphatic carbocycles. The van der Waals surface area contributed by atoms with E-state index in [0.717, 1.165) is 30.3 Å². The number of oxazole rings is 1. The monoisotopic (exact) mass is 234 g/mol. The fourth-order valence-corrected chi connectivity index (χ4v) is 1.67. The van der Waals surface area contributed by atoms with Crippen molar-refractivity contribution in [3.05, 3.63) is 35.3 Å². The van der Waals surface area contributed by atoms with Gasteiger partial charge < -0.3 is 9.73 Å². The minimum atomic E-state index is 0.673. The third-order valence-corrected chi connectivity index (χ3v) is 2.83. The van der Waals surface area contributed by atoms with Crippen molar-refractivity contribution in [1.82, 2.24) is 20.1 Å². The van der Waals surface area contributed by atoms with Crippen LogP contribution < -0.4 is 5.32 Å². The number of hydrogen-bond acceptors (Lipinski definition) is 4. The molecule has 2 aromatic rings. The van der Waals surface area contributed by atoms with Gasteiger partial charge in [-0.1, -0.05) is 0 Å². The van der Waals surface area contributed by atoms with Crippen LogP contribution in [0.3, 0.4) is 0 Å². The topological polar surface area (TPSA) is 55.9 Å². The smallest absolute Gasteiger partial charge is 0.208 e. The standard InChI is InChI=1S/C12H18N4O/c1-9-10(2)17-12(15-9)8-13-6-4-11-5-7-14-16(11)3/h5,7,13H,4,6,8H2,1-3H3. The third-order valence-electron chi connectivity index (χ3n) is 2.83. The summed E-state index contributed by atoms with van der Waals surface area (Å²) in [7, 11) is 1.95. The molecular weight excluding hydrogens is 216 g/mol. The van der Waals surface area contributed by atoms with Crippen LogP contribution in [0.5, 0.6) is 0 Å². The molecule has 0 aromatic carbocycles. The molecular formula is C12H18N4O. The summed E-state index contributed by atoms with van der Waals surface area (Å²) in [5.74, 6) is 1.65. The first-order valence-corrected chi connectivity index (χ1v) is 5.77. The first-order valence-electron chi connectivity index (χ1n) is 5.77. The summed E-state index contributed by atoms with van der Waals surface area (Å²) in [6, 6.07) is 2.03. The van der Waals surface area contributed by atoms with Gasteiger partial charge in [-0.25, -0.2) is 4.98 Å². The summed E-state index contributed by atoms with van der Waals surface area (Å²) < 4.78 is 7.37. The second-order valence-electron chi connectivity index (χ2n) is 4.12. The Morgan fingerprint density at radius 1 is 1.41 bits per heavy atom. The number of hydrogen-bond donors (Lipinski definition) is 1. The van der Waals surface area contributed by atoms with E-state index in [1.54, 1.807) is 0 Å². The fraction of sp³-hybridized carbons (Fsp3) is 0.500. The van der Waals surface area contributed by atoms with E-state index in [4.69, 9.17) is 4.42 Å². The quantitative estimate of drug-likeness (QED) is 0.794. The lowest BCUT2D eigenvalue weighted by atomic mass is 10.3. The van der Waals surface area contributed by atoms with Crippen LogP contribution in [0.15, 0.2) is 16.7 Å². The van der Waals surface area contributed by atoms with E-state index in [9.17, 15) is 0 Å². The normalized spacial score (nSPS) is 11.0. The highest BCUT2D eigenvalue weighted by Gasteiger charge is 2.04. The molecule has 0 amide bonds. The molecule has 2 aromatic heterocycles. The van der Waals surface area contributed by atoms with E-state index in [2.05, 4.69) is 15.4 Å². The van der Waals surface area contributed by atoms with Crippen LogP contribution in [0, 0.1) is 13.8 Å². The molecule has 0 radical (unpaired) electrons. The van der Waals surface area contributed by atoms with Crippen molar-refractivity contribution >= 4 is 0 Å². The summed E-state index contributed by atoms with van der Waals surface area (Å²) in [6.45, 7) is 5.45. The number of nitrogens with one attached hydrogen (secondary N) is 1. The van der Waals surface area contributed by atoms with Gasteiger partial charge in [0.2, 0.25) is 5.89 Å². The Hall–Kier alpha value is -1.62. The molecule has 5 heteroatoms. The maximum absolute atomic E-state index is 5.48. The summed E-state index contributed by atoms with van der Waals surface area (Å²) in [6.07, 6.45) is 2.77. The van der Waals surface area contributed by atoms with Gasteiger partial charge in [0.05, 0.1) is 12.2 Å². The summed E-state index contributed by atoms with van der Waals surface area (Å²) >= 11 is 0. The molecule has 0 atom stereocenters. The zero-order valence-corrected chi connectivity index (χ0v) is 10.5. The van der Waals surface area contributed by atoms with Crippen LogP contribution in [0.4, 0.5) is 0 Å². The molecule has 0 aliphatic heterocycles.